The third kappa shape index (κ3) is 3.40. The molecule has 0 aliphatic carbocycles. The van der Waals surface area contributed by atoms with E-state index in [4.69, 9.17) is 14.9 Å². The molecule has 78 valence electrons. The van der Waals surface area contributed by atoms with Crippen LogP contribution in [0.5, 0.6) is 0 Å². The summed E-state index contributed by atoms with van der Waals surface area (Å²) in [6, 6.07) is 0. The number of ether oxygens (including phenoxy) is 1. The Kier molecular flexibility index (Phi) is 4.49. The highest BCUT2D eigenvalue weighted by molar-refractivity contribution is 5.88. The van der Waals surface area contributed by atoms with Crippen molar-refractivity contribution < 1.29 is 24.9 Å². The first-order valence-corrected chi connectivity index (χ1v) is 3.92. The van der Waals surface area contributed by atoms with Crippen molar-refractivity contribution in [2.75, 3.05) is 13.7 Å². The number of carbonyl (C=O) groups excluding carboxylic acids is 1. The molecule has 0 aromatic rings. The summed E-state index contributed by atoms with van der Waals surface area (Å²) in [4.78, 5) is 11.3. The summed E-state index contributed by atoms with van der Waals surface area (Å²) in [7, 11) is 1.25. The molecule has 0 aromatic heterocycles. The molecule has 0 aliphatic heterocycles. The first-order chi connectivity index (χ1) is 5.84. The quantitative estimate of drug-likeness (QED) is 0.503. The van der Waals surface area contributed by atoms with E-state index in [-0.39, 0.29) is 0 Å². The van der Waals surface area contributed by atoms with Gasteiger partial charge in [-0.15, -0.1) is 0 Å². The van der Waals surface area contributed by atoms with Crippen molar-refractivity contribution in [2.45, 2.75) is 31.7 Å². The van der Waals surface area contributed by atoms with Crippen molar-refractivity contribution in [3.8, 4) is 0 Å². The third-order valence-electron chi connectivity index (χ3n) is 1.64. The molecule has 0 fully saturated rings. The fourth-order valence-electron chi connectivity index (χ4n) is 1.02. The fraction of sp³-hybridized carbons (Fsp3) is 0.875. The molecule has 3 N–H and O–H groups in total. The molecule has 0 rings (SSSR count). The van der Waals surface area contributed by atoms with E-state index in [1.54, 1.807) is 0 Å². The highest BCUT2D eigenvalue weighted by atomic mass is 16.5. The molecule has 5 heteroatoms. The minimum atomic E-state index is -1.50. The minimum Gasteiger partial charge on any atom is -0.393 e. The average molecular weight is 192 g/mol. The van der Waals surface area contributed by atoms with E-state index in [9.17, 15) is 9.90 Å². The lowest BCUT2D eigenvalue weighted by Gasteiger charge is -2.27. The number of hydrogen-bond acceptors (Lipinski definition) is 5. The monoisotopic (exact) mass is 192 g/mol. The second-order valence-electron chi connectivity index (χ2n) is 3.37. The average Bonchev–Trinajstić information content (AvgIpc) is 2.01. The molecule has 0 aliphatic rings. The van der Waals surface area contributed by atoms with Gasteiger partial charge in [0.2, 0.25) is 0 Å². The van der Waals surface area contributed by atoms with Crippen LogP contribution < -0.4 is 0 Å². The summed E-state index contributed by atoms with van der Waals surface area (Å²) >= 11 is 0. The molecule has 0 spiro atoms. The van der Waals surface area contributed by atoms with E-state index < -0.39 is 30.2 Å². The first kappa shape index (κ1) is 12.5. The van der Waals surface area contributed by atoms with Crippen molar-refractivity contribution >= 4 is 5.78 Å². The van der Waals surface area contributed by atoms with Crippen LogP contribution in [-0.4, -0.2) is 52.6 Å². The number of aliphatic hydroxyl groups is 3. The number of aliphatic hydroxyl groups excluding tert-OH is 2. The van der Waals surface area contributed by atoms with Gasteiger partial charge in [0.05, 0.1) is 12.2 Å². The molecule has 0 bridgehead atoms. The van der Waals surface area contributed by atoms with Crippen LogP contribution in [0, 0.1) is 0 Å². The van der Waals surface area contributed by atoms with Crippen molar-refractivity contribution in [3.05, 3.63) is 0 Å². The van der Waals surface area contributed by atoms with Crippen LogP contribution in [0.1, 0.15) is 13.8 Å². The molecule has 0 saturated heterocycles. The highest BCUT2D eigenvalue weighted by Crippen LogP contribution is 2.14. The van der Waals surface area contributed by atoms with Crippen molar-refractivity contribution in [1.82, 2.24) is 0 Å². The Morgan fingerprint density at radius 2 is 2.00 bits per heavy atom. The van der Waals surface area contributed by atoms with Gasteiger partial charge in [0.1, 0.15) is 12.2 Å². The maximum absolute atomic E-state index is 11.3. The fourth-order valence-corrected chi connectivity index (χ4v) is 1.02. The van der Waals surface area contributed by atoms with Gasteiger partial charge in [-0.3, -0.25) is 4.79 Å². The largest absolute Gasteiger partial charge is 0.393 e. The van der Waals surface area contributed by atoms with Gasteiger partial charge < -0.3 is 20.1 Å². The molecular formula is C8H16O5. The SMILES string of the molecule is CO[C@H](C(=O)[C@@H](O)CO)C(C)(C)O. The third-order valence-corrected chi connectivity index (χ3v) is 1.64. The lowest BCUT2D eigenvalue weighted by atomic mass is 9.95. The molecule has 0 heterocycles. The van der Waals surface area contributed by atoms with Crippen LogP contribution in [-0.2, 0) is 9.53 Å². The van der Waals surface area contributed by atoms with Crippen LogP contribution in [0.4, 0.5) is 0 Å². The lowest BCUT2D eigenvalue weighted by Crippen LogP contribution is -2.48. The number of rotatable bonds is 5. The smallest absolute Gasteiger partial charge is 0.195 e. The molecule has 0 amide bonds. The van der Waals surface area contributed by atoms with Gasteiger partial charge in [0.15, 0.2) is 5.78 Å². The molecule has 0 radical (unpaired) electrons. The zero-order valence-corrected chi connectivity index (χ0v) is 8.02. The van der Waals surface area contributed by atoms with Crippen LogP contribution in [0.3, 0.4) is 0 Å². The van der Waals surface area contributed by atoms with E-state index in [0.29, 0.717) is 0 Å². The Balaban J connectivity index is 4.51. The summed E-state index contributed by atoms with van der Waals surface area (Å²) in [5, 5.41) is 27.0. The topological polar surface area (TPSA) is 87.0 Å². The maximum Gasteiger partial charge on any atom is 0.195 e. The second kappa shape index (κ2) is 4.66. The Morgan fingerprint density at radius 1 is 1.54 bits per heavy atom. The van der Waals surface area contributed by atoms with Gasteiger partial charge in [-0.05, 0) is 13.8 Å². The van der Waals surface area contributed by atoms with Gasteiger partial charge in [-0.2, -0.15) is 0 Å². The lowest BCUT2D eigenvalue weighted by molar-refractivity contribution is -0.153. The summed E-state index contributed by atoms with van der Waals surface area (Å²) in [5.74, 6) is -0.725. The molecule has 0 unspecified atom stereocenters. The molecular weight excluding hydrogens is 176 g/mol. The summed E-state index contributed by atoms with van der Waals surface area (Å²) < 4.78 is 4.73. The van der Waals surface area contributed by atoms with Gasteiger partial charge in [-0.1, -0.05) is 0 Å². The number of carbonyl (C=O) groups is 1. The van der Waals surface area contributed by atoms with Gasteiger partial charge in [0, 0.05) is 7.11 Å². The molecule has 0 aromatic carbocycles. The molecule has 0 saturated carbocycles. The predicted octanol–water partition coefficient (Wildman–Crippen LogP) is -1.31. The maximum atomic E-state index is 11.3. The number of methoxy groups -OCH3 is 1. The zero-order chi connectivity index (χ0) is 10.6. The van der Waals surface area contributed by atoms with E-state index in [0.717, 1.165) is 0 Å². The van der Waals surface area contributed by atoms with E-state index in [2.05, 4.69) is 0 Å². The minimum absolute atomic E-state index is 0.672. The summed E-state index contributed by atoms with van der Waals surface area (Å²) in [5.41, 5.74) is -1.37. The van der Waals surface area contributed by atoms with Gasteiger partial charge in [-0.25, -0.2) is 0 Å². The van der Waals surface area contributed by atoms with Gasteiger partial charge in [0.25, 0.3) is 0 Å². The van der Waals surface area contributed by atoms with Crippen LogP contribution in [0.2, 0.25) is 0 Å². The first-order valence-electron chi connectivity index (χ1n) is 3.92. The van der Waals surface area contributed by atoms with Crippen LogP contribution in [0.15, 0.2) is 0 Å². The van der Waals surface area contributed by atoms with Gasteiger partial charge >= 0.3 is 0 Å². The molecule has 5 nitrogen and oxygen atoms in total. The molecule has 13 heavy (non-hydrogen) atoms. The second-order valence-corrected chi connectivity index (χ2v) is 3.37. The standard InChI is InChI=1S/C8H16O5/c1-8(2,12)7(13-3)6(11)5(10)4-9/h5,7,9-10,12H,4H2,1-3H3/t5-,7+/m0/s1. The Hall–Kier alpha value is -0.490. The Bertz CT molecular complexity index is 172. The number of hydrogen-bond donors (Lipinski definition) is 3. The van der Waals surface area contributed by atoms with E-state index in [1.165, 1.54) is 21.0 Å². The number of ketones is 1. The summed E-state index contributed by atoms with van der Waals surface area (Å²) in [6.45, 7) is 2.11. The van der Waals surface area contributed by atoms with Crippen molar-refractivity contribution in [1.29, 1.82) is 0 Å². The summed E-state index contributed by atoms with van der Waals surface area (Å²) in [6.07, 6.45) is -2.63. The van der Waals surface area contributed by atoms with Crippen molar-refractivity contribution in [2.24, 2.45) is 0 Å². The van der Waals surface area contributed by atoms with Crippen molar-refractivity contribution in [3.63, 3.8) is 0 Å². The zero-order valence-electron chi connectivity index (χ0n) is 8.02. The van der Waals surface area contributed by atoms with E-state index >= 15 is 0 Å². The Morgan fingerprint density at radius 3 is 2.23 bits per heavy atom. The number of Topliss-reactive ketones (excluding diaryl/α,β-unsaturated/α-hetero) is 1. The Labute approximate surface area is 77.0 Å². The normalized spacial score (nSPS) is 16.8. The molecule has 2 atom stereocenters. The predicted molar refractivity (Wildman–Crippen MR) is 45.2 cm³/mol. The highest BCUT2D eigenvalue weighted by Gasteiger charge is 2.36. The van der Waals surface area contributed by atoms with Crippen LogP contribution in [0.25, 0.3) is 0 Å². The van der Waals surface area contributed by atoms with E-state index in [1.807, 2.05) is 0 Å². The van der Waals surface area contributed by atoms with Crippen LogP contribution >= 0.6 is 0 Å².